The molecule has 0 amide bonds. The first-order valence-electron chi connectivity index (χ1n) is 11.6. The lowest BCUT2D eigenvalue weighted by atomic mass is 9.99. The Morgan fingerprint density at radius 2 is 1.47 bits per heavy atom. The minimum atomic E-state index is 0.164. The van der Waals surface area contributed by atoms with Gasteiger partial charge in [-0.05, 0) is 78.8 Å². The first-order valence-corrected chi connectivity index (χ1v) is 11.6. The summed E-state index contributed by atoms with van der Waals surface area (Å²) in [6, 6.07) is 28.4. The average Bonchev–Trinajstić information content (AvgIpc) is 3.28. The molecule has 0 bridgehead atoms. The van der Waals surface area contributed by atoms with Crippen molar-refractivity contribution >= 4 is 16.8 Å². The summed E-state index contributed by atoms with van der Waals surface area (Å²) in [4.78, 5) is 14.4. The van der Waals surface area contributed by atoms with Gasteiger partial charge in [0.25, 0.3) is 0 Å². The largest absolute Gasteiger partial charge is 0.294 e. The molecule has 0 radical (unpaired) electrons. The van der Waals surface area contributed by atoms with Gasteiger partial charge < -0.3 is 0 Å². The van der Waals surface area contributed by atoms with Crippen molar-refractivity contribution in [2.75, 3.05) is 0 Å². The van der Waals surface area contributed by atoms with Gasteiger partial charge in [-0.15, -0.1) is 10.2 Å². The Balaban J connectivity index is 1.37. The van der Waals surface area contributed by atoms with Crippen molar-refractivity contribution in [2.24, 2.45) is 0 Å². The molecule has 1 aromatic heterocycles. The molecule has 0 unspecified atom stereocenters. The van der Waals surface area contributed by atoms with Crippen LogP contribution >= 0.6 is 0 Å². The third-order valence-corrected chi connectivity index (χ3v) is 6.40. The maximum Gasteiger partial charge on any atom is 0.163 e. The first-order chi connectivity index (χ1) is 16.5. The zero-order valence-electron chi connectivity index (χ0n) is 19.7. The molecule has 1 heterocycles. The highest BCUT2D eigenvalue weighted by molar-refractivity contribution is 5.96. The SMILES string of the molecule is Cc1cc(C)c(C)c(-n2nc3ccc(-c4ccc(C(=O)CCc5ccccc5)cc4)cc3n2)c1. The van der Waals surface area contributed by atoms with Crippen molar-refractivity contribution in [2.45, 2.75) is 33.6 Å². The second kappa shape index (κ2) is 9.06. The van der Waals surface area contributed by atoms with Gasteiger partial charge in [0.05, 0.1) is 5.69 Å². The molecule has 4 aromatic carbocycles. The Morgan fingerprint density at radius 1 is 0.765 bits per heavy atom. The Labute approximate surface area is 199 Å². The second-order valence-corrected chi connectivity index (χ2v) is 8.91. The molecule has 0 fully saturated rings. The van der Waals surface area contributed by atoms with Crippen LogP contribution in [0.5, 0.6) is 0 Å². The maximum atomic E-state index is 12.6. The van der Waals surface area contributed by atoms with Crippen LogP contribution < -0.4 is 0 Å². The molecule has 0 aliphatic carbocycles. The van der Waals surface area contributed by atoms with E-state index in [9.17, 15) is 4.79 Å². The molecular weight excluding hydrogens is 418 g/mol. The van der Waals surface area contributed by atoms with E-state index in [4.69, 9.17) is 10.2 Å². The van der Waals surface area contributed by atoms with E-state index < -0.39 is 0 Å². The summed E-state index contributed by atoms with van der Waals surface area (Å²) in [7, 11) is 0. The van der Waals surface area contributed by atoms with Crippen molar-refractivity contribution < 1.29 is 4.79 Å². The van der Waals surface area contributed by atoms with Crippen molar-refractivity contribution in [3.05, 3.63) is 113 Å². The molecule has 0 saturated heterocycles. The van der Waals surface area contributed by atoms with Crippen LogP contribution in [0.25, 0.3) is 27.8 Å². The highest BCUT2D eigenvalue weighted by Crippen LogP contribution is 2.25. The predicted molar refractivity (Wildman–Crippen MR) is 138 cm³/mol. The summed E-state index contributed by atoms with van der Waals surface area (Å²) in [5.41, 5.74) is 10.4. The molecule has 5 rings (SSSR count). The second-order valence-electron chi connectivity index (χ2n) is 8.91. The molecule has 5 aromatic rings. The summed E-state index contributed by atoms with van der Waals surface area (Å²) in [5, 5.41) is 9.47. The molecule has 4 nitrogen and oxygen atoms in total. The van der Waals surface area contributed by atoms with Gasteiger partial charge in [0, 0.05) is 12.0 Å². The quantitative estimate of drug-likeness (QED) is 0.269. The lowest BCUT2D eigenvalue weighted by Gasteiger charge is -2.08. The normalized spacial score (nSPS) is 11.1. The van der Waals surface area contributed by atoms with Gasteiger partial charge in [-0.1, -0.05) is 66.7 Å². The number of benzene rings is 4. The highest BCUT2D eigenvalue weighted by atomic mass is 16.1. The van der Waals surface area contributed by atoms with Crippen molar-refractivity contribution in [3.8, 4) is 16.8 Å². The summed E-state index contributed by atoms with van der Waals surface area (Å²) in [6.45, 7) is 6.31. The molecular formula is C30H27N3O. The molecule has 4 heteroatoms. The Hall–Kier alpha value is -4.05. The summed E-state index contributed by atoms with van der Waals surface area (Å²) >= 11 is 0. The van der Waals surface area contributed by atoms with Crippen molar-refractivity contribution in [1.29, 1.82) is 0 Å². The number of rotatable bonds is 6. The van der Waals surface area contributed by atoms with Crippen LogP contribution in [0.4, 0.5) is 0 Å². The molecule has 34 heavy (non-hydrogen) atoms. The van der Waals surface area contributed by atoms with E-state index in [1.165, 1.54) is 22.3 Å². The number of aromatic nitrogens is 3. The monoisotopic (exact) mass is 445 g/mol. The summed E-state index contributed by atoms with van der Waals surface area (Å²) in [6.07, 6.45) is 1.27. The van der Waals surface area contributed by atoms with Crippen LogP contribution in [0.2, 0.25) is 0 Å². The third kappa shape index (κ3) is 4.40. The maximum absolute atomic E-state index is 12.6. The standard InChI is InChI=1S/C30H27N3O/c1-20-17-21(2)22(3)29(18-20)33-31-27-15-14-26(19-28(27)32-33)24-10-12-25(13-11-24)30(34)16-9-23-7-5-4-6-8-23/h4-8,10-15,17-19H,9,16H2,1-3H3. The fourth-order valence-electron chi connectivity index (χ4n) is 4.32. The number of fused-ring (bicyclic) bond motifs is 1. The van der Waals surface area contributed by atoms with E-state index in [-0.39, 0.29) is 5.78 Å². The molecule has 0 spiro atoms. The molecule has 0 N–H and O–H groups in total. The molecule has 0 atom stereocenters. The molecule has 168 valence electrons. The summed E-state index contributed by atoms with van der Waals surface area (Å²) < 4.78 is 0. The number of Topliss-reactive ketones (excluding diaryl/α,β-unsaturated/α-hetero) is 1. The van der Waals surface area contributed by atoms with Gasteiger partial charge in [0.2, 0.25) is 0 Å². The van der Waals surface area contributed by atoms with Gasteiger partial charge in [0.1, 0.15) is 11.0 Å². The van der Waals surface area contributed by atoms with E-state index in [1.54, 1.807) is 4.80 Å². The fourth-order valence-corrected chi connectivity index (χ4v) is 4.32. The minimum absolute atomic E-state index is 0.164. The van der Waals surface area contributed by atoms with Gasteiger partial charge in [-0.3, -0.25) is 4.79 Å². The van der Waals surface area contributed by atoms with Crippen LogP contribution in [0, 0.1) is 20.8 Å². The van der Waals surface area contributed by atoms with E-state index in [0.29, 0.717) is 6.42 Å². The van der Waals surface area contributed by atoms with Crippen molar-refractivity contribution in [3.63, 3.8) is 0 Å². The van der Waals surface area contributed by atoms with E-state index >= 15 is 0 Å². The average molecular weight is 446 g/mol. The highest BCUT2D eigenvalue weighted by Gasteiger charge is 2.11. The van der Waals surface area contributed by atoms with Crippen LogP contribution in [0.1, 0.15) is 39.0 Å². The van der Waals surface area contributed by atoms with E-state index in [0.717, 1.165) is 39.8 Å². The van der Waals surface area contributed by atoms with Crippen LogP contribution in [0.3, 0.4) is 0 Å². The number of ketones is 1. The topological polar surface area (TPSA) is 47.8 Å². The fraction of sp³-hybridized carbons (Fsp3) is 0.167. The molecule has 0 aliphatic rings. The summed E-state index contributed by atoms with van der Waals surface area (Å²) in [5.74, 6) is 0.164. The predicted octanol–water partition coefficient (Wildman–Crippen LogP) is 6.83. The van der Waals surface area contributed by atoms with Gasteiger partial charge in [-0.25, -0.2) is 0 Å². The number of hydrogen-bond donors (Lipinski definition) is 0. The van der Waals surface area contributed by atoms with Crippen molar-refractivity contribution in [1.82, 2.24) is 15.0 Å². The first kappa shape index (κ1) is 21.8. The van der Waals surface area contributed by atoms with Crippen LogP contribution in [-0.2, 0) is 6.42 Å². The zero-order chi connectivity index (χ0) is 23.7. The Bertz CT molecular complexity index is 1480. The van der Waals surface area contributed by atoms with Gasteiger partial charge in [-0.2, -0.15) is 4.80 Å². The van der Waals surface area contributed by atoms with Crippen LogP contribution in [0.15, 0.2) is 84.9 Å². The zero-order valence-corrected chi connectivity index (χ0v) is 19.7. The lowest BCUT2D eigenvalue weighted by Crippen LogP contribution is -2.03. The van der Waals surface area contributed by atoms with E-state index in [1.807, 2.05) is 48.5 Å². The smallest absolute Gasteiger partial charge is 0.163 e. The van der Waals surface area contributed by atoms with Crippen LogP contribution in [-0.4, -0.2) is 20.8 Å². The minimum Gasteiger partial charge on any atom is -0.294 e. The lowest BCUT2D eigenvalue weighted by molar-refractivity contribution is 0.0983. The Kier molecular flexibility index (Phi) is 5.81. The Morgan fingerprint density at radius 3 is 2.24 bits per heavy atom. The van der Waals surface area contributed by atoms with Gasteiger partial charge in [0.15, 0.2) is 5.78 Å². The number of hydrogen-bond acceptors (Lipinski definition) is 3. The molecule has 0 saturated carbocycles. The number of aryl methyl sites for hydroxylation is 3. The number of carbonyl (C=O) groups is 1. The van der Waals surface area contributed by atoms with Gasteiger partial charge >= 0.3 is 0 Å². The number of carbonyl (C=O) groups excluding carboxylic acids is 1. The third-order valence-electron chi connectivity index (χ3n) is 6.40. The number of nitrogens with zero attached hydrogens (tertiary/aromatic N) is 3. The van der Waals surface area contributed by atoms with E-state index in [2.05, 4.69) is 57.2 Å². The molecule has 0 aliphatic heterocycles.